The quantitative estimate of drug-likeness (QED) is 0.557. The van der Waals surface area contributed by atoms with Crippen LogP contribution in [-0.4, -0.2) is 13.4 Å². The number of rotatable bonds is 3. The van der Waals surface area contributed by atoms with Gasteiger partial charge in [-0.1, -0.05) is 12.1 Å². The van der Waals surface area contributed by atoms with Gasteiger partial charge in [0.05, 0.1) is 7.11 Å². The first kappa shape index (κ1) is 9.32. The third kappa shape index (κ3) is 2.08. The highest BCUT2D eigenvalue weighted by Crippen LogP contribution is 2.17. The van der Waals surface area contributed by atoms with E-state index in [-0.39, 0.29) is 0 Å². The number of carbonyl (C=O) groups is 1. The zero-order chi connectivity index (χ0) is 9.68. The maximum absolute atomic E-state index is 10.5. The minimum atomic E-state index is 0.457. The molecule has 13 heavy (non-hydrogen) atoms. The van der Waals surface area contributed by atoms with Crippen LogP contribution in [0, 0.1) is 0 Å². The van der Waals surface area contributed by atoms with Gasteiger partial charge in [-0.25, -0.2) is 0 Å². The van der Waals surface area contributed by atoms with E-state index in [1.165, 1.54) is 6.20 Å². The van der Waals surface area contributed by atoms with Crippen LogP contribution in [0.1, 0.15) is 5.56 Å². The van der Waals surface area contributed by atoms with Gasteiger partial charge in [-0.3, -0.25) is 4.79 Å². The van der Waals surface area contributed by atoms with Gasteiger partial charge in [0.25, 0.3) is 0 Å². The Hall–Kier alpha value is -1.77. The first-order chi connectivity index (χ1) is 6.31. The molecule has 0 bridgehead atoms. The number of hydrogen-bond acceptors (Lipinski definition) is 3. The molecule has 0 unspecified atom stereocenters. The molecule has 0 saturated heterocycles. The van der Waals surface area contributed by atoms with Crippen molar-refractivity contribution < 1.29 is 9.53 Å². The normalized spacial score (nSPS) is 11.0. The third-order valence-electron chi connectivity index (χ3n) is 1.71. The zero-order valence-electron chi connectivity index (χ0n) is 7.36. The Morgan fingerprint density at radius 3 is 2.85 bits per heavy atom. The van der Waals surface area contributed by atoms with Crippen LogP contribution in [0.5, 0.6) is 5.75 Å². The summed E-state index contributed by atoms with van der Waals surface area (Å²) in [6.07, 6.45) is 2.00. The summed E-state index contributed by atoms with van der Waals surface area (Å²) in [5.74, 6) is 0.707. The third-order valence-corrected chi connectivity index (χ3v) is 1.71. The summed E-state index contributed by atoms with van der Waals surface area (Å²) >= 11 is 0. The van der Waals surface area contributed by atoms with E-state index in [0.29, 0.717) is 11.3 Å². The number of ether oxygens (including phenoxy) is 1. The lowest BCUT2D eigenvalue weighted by Crippen LogP contribution is -1.91. The lowest BCUT2D eigenvalue weighted by molar-refractivity contribution is -0.103. The van der Waals surface area contributed by atoms with Gasteiger partial charge in [-0.15, -0.1) is 0 Å². The maximum Gasteiger partial charge on any atom is 0.152 e. The van der Waals surface area contributed by atoms with Crippen LogP contribution in [0.15, 0.2) is 30.5 Å². The van der Waals surface area contributed by atoms with Crippen molar-refractivity contribution >= 4 is 11.9 Å². The summed E-state index contributed by atoms with van der Waals surface area (Å²) in [4.78, 5) is 10.5. The lowest BCUT2D eigenvalue weighted by atomic mass is 10.1. The van der Waals surface area contributed by atoms with E-state index < -0.39 is 0 Å². The van der Waals surface area contributed by atoms with Gasteiger partial charge in [0, 0.05) is 11.8 Å². The number of hydrogen-bond donors (Lipinski definition) is 1. The molecule has 0 amide bonds. The van der Waals surface area contributed by atoms with E-state index in [9.17, 15) is 4.79 Å². The fourth-order valence-corrected chi connectivity index (χ4v) is 1.01. The van der Waals surface area contributed by atoms with E-state index in [2.05, 4.69) is 0 Å². The second kappa shape index (κ2) is 4.30. The highest BCUT2D eigenvalue weighted by Gasteiger charge is 2.00. The van der Waals surface area contributed by atoms with Crippen LogP contribution in [0.4, 0.5) is 0 Å². The fourth-order valence-electron chi connectivity index (χ4n) is 1.01. The predicted octanol–water partition coefficient (Wildman–Crippen LogP) is 1.19. The molecule has 2 N–H and O–H groups in total. The van der Waals surface area contributed by atoms with E-state index in [1.54, 1.807) is 25.3 Å². The van der Waals surface area contributed by atoms with Crippen LogP contribution in [0.2, 0.25) is 0 Å². The number of aldehydes is 1. The van der Waals surface area contributed by atoms with E-state index in [4.69, 9.17) is 10.5 Å². The molecule has 0 atom stereocenters. The van der Waals surface area contributed by atoms with Crippen molar-refractivity contribution in [2.75, 3.05) is 7.11 Å². The van der Waals surface area contributed by atoms with Gasteiger partial charge in [-0.05, 0) is 17.7 Å². The maximum atomic E-state index is 10.5. The second-order valence-corrected chi connectivity index (χ2v) is 2.47. The van der Waals surface area contributed by atoms with Gasteiger partial charge < -0.3 is 10.5 Å². The first-order valence-corrected chi connectivity index (χ1v) is 3.83. The summed E-state index contributed by atoms with van der Waals surface area (Å²) in [7, 11) is 1.58. The molecule has 0 heterocycles. The number of benzene rings is 1. The van der Waals surface area contributed by atoms with Gasteiger partial charge in [0.15, 0.2) is 6.29 Å². The summed E-state index contributed by atoms with van der Waals surface area (Å²) in [6.45, 7) is 0. The molecule has 3 nitrogen and oxygen atoms in total. The number of methoxy groups -OCH3 is 1. The van der Waals surface area contributed by atoms with Crippen molar-refractivity contribution in [3.05, 3.63) is 36.0 Å². The molecular weight excluding hydrogens is 166 g/mol. The SMILES string of the molecule is COc1cccc(/C(C=O)=C\N)c1. The van der Waals surface area contributed by atoms with Crippen molar-refractivity contribution in [1.29, 1.82) is 0 Å². The van der Waals surface area contributed by atoms with Crippen LogP contribution in [-0.2, 0) is 4.79 Å². The molecular formula is C10H11NO2. The fraction of sp³-hybridized carbons (Fsp3) is 0.100. The Bertz CT molecular complexity index is 331. The van der Waals surface area contributed by atoms with Crippen molar-refractivity contribution in [3.8, 4) is 5.75 Å². The highest BCUT2D eigenvalue weighted by atomic mass is 16.5. The molecule has 1 aromatic rings. The van der Waals surface area contributed by atoms with Crippen molar-refractivity contribution in [3.63, 3.8) is 0 Å². The van der Waals surface area contributed by atoms with E-state index in [0.717, 1.165) is 11.8 Å². The number of carbonyl (C=O) groups excluding carboxylic acids is 1. The minimum absolute atomic E-state index is 0.457. The van der Waals surface area contributed by atoms with Gasteiger partial charge in [0.1, 0.15) is 5.75 Å². The second-order valence-electron chi connectivity index (χ2n) is 2.47. The average molecular weight is 177 g/mol. The van der Waals surface area contributed by atoms with Crippen LogP contribution >= 0.6 is 0 Å². The van der Waals surface area contributed by atoms with Crippen molar-refractivity contribution in [2.24, 2.45) is 5.73 Å². The molecule has 1 rings (SSSR count). The standard InChI is InChI=1S/C10H11NO2/c1-13-10-4-2-3-8(5-10)9(6-11)7-12/h2-7H,11H2,1H3/b9-6-. The predicted molar refractivity (Wildman–Crippen MR) is 51.2 cm³/mol. The van der Waals surface area contributed by atoms with E-state index in [1.807, 2.05) is 6.07 Å². The molecule has 0 fully saturated rings. The molecule has 0 aromatic heterocycles. The van der Waals surface area contributed by atoms with Crippen molar-refractivity contribution in [2.45, 2.75) is 0 Å². The molecule has 68 valence electrons. The number of nitrogens with two attached hydrogens (primary N) is 1. The smallest absolute Gasteiger partial charge is 0.152 e. The molecule has 0 radical (unpaired) electrons. The molecule has 0 saturated carbocycles. The largest absolute Gasteiger partial charge is 0.497 e. The summed E-state index contributed by atoms with van der Waals surface area (Å²) in [5.41, 5.74) is 6.49. The zero-order valence-corrected chi connectivity index (χ0v) is 7.36. The highest BCUT2D eigenvalue weighted by molar-refractivity contribution is 6.06. The topological polar surface area (TPSA) is 52.3 Å². The van der Waals surface area contributed by atoms with Gasteiger partial charge in [0.2, 0.25) is 0 Å². The van der Waals surface area contributed by atoms with Crippen molar-refractivity contribution in [1.82, 2.24) is 0 Å². The Morgan fingerprint density at radius 2 is 2.31 bits per heavy atom. The Kier molecular flexibility index (Phi) is 3.09. The first-order valence-electron chi connectivity index (χ1n) is 3.83. The van der Waals surface area contributed by atoms with Crippen LogP contribution in [0.3, 0.4) is 0 Å². The van der Waals surface area contributed by atoms with Crippen LogP contribution < -0.4 is 10.5 Å². The van der Waals surface area contributed by atoms with E-state index >= 15 is 0 Å². The molecule has 1 aromatic carbocycles. The monoisotopic (exact) mass is 177 g/mol. The average Bonchev–Trinajstić information content (AvgIpc) is 2.20. The Balaban J connectivity index is 3.07. The minimum Gasteiger partial charge on any atom is -0.497 e. The molecule has 0 aliphatic rings. The summed E-state index contributed by atoms with van der Waals surface area (Å²) < 4.78 is 5.01. The van der Waals surface area contributed by atoms with Gasteiger partial charge in [-0.2, -0.15) is 0 Å². The lowest BCUT2D eigenvalue weighted by Gasteiger charge is -2.02. The molecule has 0 aliphatic heterocycles. The van der Waals surface area contributed by atoms with Gasteiger partial charge >= 0.3 is 0 Å². The van der Waals surface area contributed by atoms with Crippen LogP contribution in [0.25, 0.3) is 5.57 Å². The summed E-state index contributed by atoms with van der Waals surface area (Å²) in [5, 5.41) is 0. The molecule has 0 spiro atoms. The molecule has 0 aliphatic carbocycles. The Labute approximate surface area is 76.8 Å². The molecule has 3 heteroatoms. The summed E-state index contributed by atoms with van der Waals surface area (Å²) in [6, 6.07) is 7.17. The number of allylic oxidation sites excluding steroid dienone is 1. The Morgan fingerprint density at radius 1 is 1.54 bits per heavy atom.